The quantitative estimate of drug-likeness (QED) is 0.525. The summed E-state index contributed by atoms with van der Waals surface area (Å²) in [7, 11) is 3.93. The van der Waals surface area contributed by atoms with Crippen LogP contribution in [-0.2, 0) is 6.54 Å². The number of hydrogen-bond acceptors (Lipinski definition) is 3. The first-order chi connectivity index (χ1) is 11.8. The van der Waals surface area contributed by atoms with Crippen LogP contribution in [0.5, 0.6) is 5.75 Å². The van der Waals surface area contributed by atoms with E-state index in [1.807, 2.05) is 50.2 Å². The highest BCUT2D eigenvalue weighted by molar-refractivity contribution is 5.79. The van der Waals surface area contributed by atoms with E-state index in [0.29, 0.717) is 25.7 Å². The number of hydrogen-bond donors (Lipinski definition) is 2. The maximum atomic E-state index is 12.3. The van der Waals surface area contributed by atoms with Crippen LogP contribution in [0.25, 0.3) is 0 Å². The molecule has 8 heteroatoms. The molecule has 142 valence electrons. The topological polar surface area (TPSA) is 48.9 Å². The molecule has 0 bridgehead atoms. The number of benzene rings is 1. The van der Waals surface area contributed by atoms with Gasteiger partial charge < -0.3 is 20.3 Å². The normalized spacial score (nSPS) is 12.4. The van der Waals surface area contributed by atoms with E-state index in [0.717, 1.165) is 17.9 Å². The van der Waals surface area contributed by atoms with Crippen LogP contribution < -0.4 is 15.4 Å². The van der Waals surface area contributed by atoms with Gasteiger partial charge in [0.05, 0.1) is 13.0 Å². The molecular formula is C17H27F3N4O. The van der Waals surface area contributed by atoms with Crippen molar-refractivity contribution in [2.24, 2.45) is 4.99 Å². The summed E-state index contributed by atoms with van der Waals surface area (Å²) < 4.78 is 42.5. The summed E-state index contributed by atoms with van der Waals surface area (Å²) in [5, 5.41) is 5.64. The average Bonchev–Trinajstić information content (AvgIpc) is 2.52. The van der Waals surface area contributed by atoms with Crippen LogP contribution in [-0.4, -0.2) is 57.4 Å². The molecule has 0 fully saturated rings. The number of nitrogens with one attached hydrogen (secondary N) is 2. The number of guanidine groups is 1. The monoisotopic (exact) mass is 360 g/mol. The SMILES string of the molecule is CCNC(=NCc1ccccc1OCCN(C)C)NCCC(F)(F)F. The molecular weight excluding hydrogens is 333 g/mol. The molecule has 0 aromatic heterocycles. The lowest BCUT2D eigenvalue weighted by atomic mass is 10.2. The van der Waals surface area contributed by atoms with Gasteiger partial charge in [0.15, 0.2) is 5.96 Å². The van der Waals surface area contributed by atoms with Gasteiger partial charge in [-0.2, -0.15) is 13.2 Å². The fourth-order valence-electron chi connectivity index (χ4n) is 1.94. The highest BCUT2D eigenvalue weighted by Crippen LogP contribution is 2.19. The van der Waals surface area contributed by atoms with Gasteiger partial charge in [0, 0.05) is 25.2 Å². The lowest BCUT2D eigenvalue weighted by Crippen LogP contribution is -2.38. The Morgan fingerprint density at radius 1 is 1.20 bits per heavy atom. The first-order valence-corrected chi connectivity index (χ1v) is 8.26. The second kappa shape index (κ2) is 10.8. The molecule has 0 unspecified atom stereocenters. The van der Waals surface area contributed by atoms with E-state index in [1.54, 1.807) is 0 Å². The van der Waals surface area contributed by atoms with E-state index >= 15 is 0 Å². The van der Waals surface area contributed by atoms with Crippen LogP contribution in [0.2, 0.25) is 0 Å². The molecule has 0 aliphatic rings. The molecule has 2 N–H and O–H groups in total. The summed E-state index contributed by atoms with van der Waals surface area (Å²) in [4.78, 5) is 6.37. The predicted octanol–water partition coefficient (Wildman–Crippen LogP) is 2.63. The Morgan fingerprint density at radius 3 is 2.56 bits per heavy atom. The molecule has 0 aliphatic heterocycles. The first-order valence-electron chi connectivity index (χ1n) is 8.26. The molecule has 0 amide bonds. The van der Waals surface area contributed by atoms with Gasteiger partial charge in [-0.3, -0.25) is 0 Å². The average molecular weight is 360 g/mol. The summed E-state index contributed by atoms with van der Waals surface area (Å²) in [6.07, 6.45) is -5.08. The number of para-hydroxylation sites is 1. The second-order valence-corrected chi connectivity index (χ2v) is 5.75. The molecule has 1 rings (SSSR count). The van der Waals surface area contributed by atoms with Crippen molar-refractivity contribution in [3.8, 4) is 5.75 Å². The smallest absolute Gasteiger partial charge is 0.390 e. The zero-order chi connectivity index (χ0) is 18.7. The summed E-state index contributed by atoms with van der Waals surface area (Å²) in [5.41, 5.74) is 0.884. The molecule has 0 atom stereocenters. The Balaban J connectivity index is 2.65. The Kier molecular flexibility index (Phi) is 9.12. The zero-order valence-electron chi connectivity index (χ0n) is 15.0. The van der Waals surface area contributed by atoms with Crippen molar-refractivity contribution in [2.45, 2.75) is 26.1 Å². The zero-order valence-corrected chi connectivity index (χ0v) is 15.0. The van der Waals surface area contributed by atoms with Crippen molar-refractivity contribution in [3.63, 3.8) is 0 Å². The molecule has 1 aromatic carbocycles. The van der Waals surface area contributed by atoms with Gasteiger partial charge in [-0.05, 0) is 27.1 Å². The molecule has 0 saturated carbocycles. The Hall–Kier alpha value is -1.96. The van der Waals surface area contributed by atoms with Gasteiger partial charge in [-0.1, -0.05) is 18.2 Å². The number of ether oxygens (including phenoxy) is 1. The number of aliphatic imine (C=N–C) groups is 1. The number of likely N-dealkylation sites (N-methyl/N-ethyl adjacent to an activating group) is 1. The van der Waals surface area contributed by atoms with Crippen LogP contribution in [0.1, 0.15) is 18.9 Å². The van der Waals surface area contributed by atoms with E-state index in [2.05, 4.69) is 15.6 Å². The molecule has 0 heterocycles. The molecule has 0 saturated heterocycles. The summed E-state index contributed by atoms with van der Waals surface area (Å²) in [5.74, 6) is 1.09. The predicted molar refractivity (Wildman–Crippen MR) is 94.0 cm³/mol. The van der Waals surface area contributed by atoms with Crippen molar-refractivity contribution in [1.29, 1.82) is 0 Å². The molecule has 0 radical (unpaired) electrons. The van der Waals surface area contributed by atoms with Crippen molar-refractivity contribution in [2.75, 3.05) is 40.3 Å². The van der Waals surface area contributed by atoms with Gasteiger partial charge in [0.2, 0.25) is 0 Å². The van der Waals surface area contributed by atoms with E-state index < -0.39 is 12.6 Å². The minimum atomic E-state index is -4.18. The van der Waals surface area contributed by atoms with Gasteiger partial charge >= 0.3 is 6.18 Å². The number of halogens is 3. The van der Waals surface area contributed by atoms with Crippen LogP contribution in [0.4, 0.5) is 13.2 Å². The van der Waals surface area contributed by atoms with E-state index in [1.165, 1.54) is 0 Å². The van der Waals surface area contributed by atoms with E-state index in [4.69, 9.17) is 4.74 Å². The maximum Gasteiger partial charge on any atom is 0.390 e. The van der Waals surface area contributed by atoms with Crippen molar-refractivity contribution >= 4 is 5.96 Å². The lowest BCUT2D eigenvalue weighted by molar-refractivity contribution is -0.132. The molecule has 25 heavy (non-hydrogen) atoms. The third-order valence-electron chi connectivity index (χ3n) is 3.22. The van der Waals surface area contributed by atoms with Crippen molar-refractivity contribution in [1.82, 2.24) is 15.5 Å². The third kappa shape index (κ3) is 9.81. The number of alkyl halides is 3. The van der Waals surface area contributed by atoms with Crippen molar-refractivity contribution in [3.05, 3.63) is 29.8 Å². The van der Waals surface area contributed by atoms with Crippen LogP contribution in [0, 0.1) is 0 Å². The highest BCUT2D eigenvalue weighted by Gasteiger charge is 2.26. The van der Waals surface area contributed by atoms with Crippen molar-refractivity contribution < 1.29 is 17.9 Å². The minimum Gasteiger partial charge on any atom is -0.492 e. The number of rotatable bonds is 9. The van der Waals surface area contributed by atoms with Gasteiger partial charge in [-0.25, -0.2) is 4.99 Å². The van der Waals surface area contributed by atoms with Gasteiger partial charge in [0.25, 0.3) is 0 Å². The van der Waals surface area contributed by atoms with E-state index in [-0.39, 0.29) is 6.54 Å². The highest BCUT2D eigenvalue weighted by atomic mass is 19.4. The largest absolute Gasteiger partial charge is 0.492 e. The van der Waals surface area contributed by atoms with Gasteiger partial charge in [0.1, 0.15) is 12.4 Å². The Labute approximate surface area is 147 Å². The third-order valence-corrected chi connectivity index (χ3v) is 3.22. The second-order valence-electron chi connectivity index (χ2n) is 5.75. The molecule has 5 nitrogen and oxygen atoms in total. The fraction of sp³-hybridized carbons (Fsp3) is 0.588. The summed E-state index contributed by atoms with van der Waals surface area (Å²) in [6.45, 7) is 3.88. The minimum absolute atomic E-state index is 0.212. The summed E-state index contributed by atoms with van der Waals surface area (Å²) >= 11 is 0. The Morgan fingerprint density at radius 2 is 1.92 bits per heavy atom. The molecule has 1 aromatic rings. The Bertz CT molecular complexity index is 533. The lowest BCUT2D eigenvalue weighted by Gasteiger charge is -2.14. The van der Waals surface area contributed by atoms with Gasteiger partial charge in [-0.15, -0.1) is 0 Å². The fourth-order valence-corrected chi connectivity index (χ4v) is 1.94. The summed E-state index contributed by atoms with van der Waals surface area (Å²) in [6, 6.07) is 7.52. The standard InChI is InChI=1S/C17H27F3N4O/c1-4-21-16(22-10-9-17(18,19)20)23-13-14-7-5-6-8-15(14)25-12-11-24(2)3/h5-8H,4,9-13H2,1-3H3,(H2,21,22,23). The van der Waals surface area contributed by atoms with Crippen LogP contribution >= 0.6 is 0 Å². The molecule has 0 spiro atoms. The van der Waals surface area contributed by atoms with Crippen LogP contribution in [0.3, 0.4) is 0 Å². The van der Waals surface area contributed by atoms with Crippen LogP contribution in [0.15, 0.2) is 29.3 Å². The number of nitrogens with zero attached hydrogens (tertiary/aromatic N) is 2. The first kappa shape index (κ1) is 21.1. The maximum absolute atomic E-state index is 12.3. The molecule has 0 aliphatic carbocycles. The van der Waals surface area contributed by atoms with E-state index in [9.17, 15) is 13.2 Å².